The Morgan fingerprint density at radius 3 is 2.56 bits per heavy atom. The third kappa shape index (κ3) is 1.22. The number of hydrogen-bond acceptors (Lipinski definition) is 2. The lowest BCUT2D eigenvalue weighted by Gasteiger charge is -1.92. The normalized spacial score (nSPS) is 10.6. The van der Waals surface area contributed by atoms with Crippen molar-refractivity contribution in [1.29, 1.82) is 0 Å². The van der Waals surface area contributed by atoms with Gasteiger partial charge in [-0.1, -0.05) is 13.8 Å². The zero-order valence-corrected chi connectivity index (χ0v) is 5.64. The Morgan fingerprint density at radius 1 is 1.67 bits per heavy atom. The number of rotatable bonds is 1. The Labute approximate surface area is 53.9 Å². The largest absolute Gasteiger partial charge is 0.449 e. The molecule has 3 heteroatoms. The van der Waals surface area contributed by atoms with Crippen LogP contribution in [0.2, 0.25) is 0 Å². The van der Waals surface area contributed by atoms with Gasteiger partial charge in [0, 0.05) is 5.92 Å². The molecule has 0 spiro atoms. The number of nitrogen functional groups attached to an aromatic ring is 1. The van der Waals surface area contributed by atoms with Crippen LogP contribution in [-0.2, 0) is 0 Å². The standard InChI is InChI=1S/C6H10N2O/c1-4(2)5-3-8-6(7)9-5/h3-4H,1-2H3,(H2,7,8)/p+1. The van der Waals surface area contributed by atoms with E-state index >= 15 is 0 Å². The maximum atomic E-state index is 5.29. The molecule has 0 unspecified atom stereocenters. The number of H-pyrrole nitrogens is 1. The summed E-state index contributed by atoms with van der Waals surface area (Å²) in [6.45, 7) is 4.10. The average molecular weight is 127 g/mol. The van der Waals surface area contributed by atoms with Crippen LogP contribution in [0.15, 0.2) is 10.6 Å². The van der Waals surface area contributed by atoms with E-state index in [1.807, 2.05) is 13.8 Å². The monoisotopic (exact) mass is 127 g/mol. The van der Waals surface area contributed by atoms with Gasteiger partial charge in [-0.2, -0.15) is 0 Å². The summed E-state index contributed by atoms with van der Waals surface area (Å²) >= 11 is 0. The highest BCUT2D eigenvalue weighted by molar-refractivity contribution is 5.03. The molecule has 0 saturated carbocycles. The van der Waals surface area contributed by atoms with E-state index in [0.29, 0.717) is 11.9 Å². The molecule has 0 saturated heterocycles. The van der Waals surface area contributed by atoms with Crippen molar-refractivity contribution in [3.05, 3.63) is 12.0 Å². The van der Waals surface area contributed by atoms with Crippen LogP contribution in [0.25, 0.3) is 0 Å². The van der Waals surface area contributed by atoms with Crippen LogP contribution < -0.4 is 10.7 Å². The highest BCUT2D eigenvalue weighted by Crippen LogP contribution is 2.12. The molecule has 0 aliphatic carbocycles. The number of nitrogens with two attached hydrogens (primary N) is 1. The lowest BCUT2D eigenvalue weighted by molar-refractivity contribution is -0.364. The Bertz CT molecular complexity index is 193. The first kappa shape index (κ1) is 6.13. The van der Waals surface area contributed by atoms with Crippen molar-refractivity contribution in [3.8, 4) is 0 Å². The van der Waals surface area contributed by atoms with Crippen LogP contribution in [0.5, 0.6) is 0 Å². The molecule has 9 heavy (non-hydrogen) atoms. The molecular weight excluding hydrogens is 116 g/mol. The van der Waals surface area contributed by atoms with E-state index in [-0.39, 0.29) is 0 Å². The summed E-state index contributed by atoms with van der Waals surface area (Å²) < 4.78 is 5.07. The molecule has 1 heterocycles. The Morgan fingerprint density at radius 2 is 2.33 bits per heavy atom. The predicted molar refractivity (Wildman–Crippen MR) is 33.8 cm³/mol. The van der Waals surface area contributed by atoms with Crippen molar-refractivity contribution in [3.63, 3.8) is 0 Å². The second-order valence-electron chi connectivity index (χ2n) is 2.31. The zero-order chi connectivity index (χ0) is 6.85. The number of hydrogen-bond donors (Lipinski definition) is 1. The van der Waals surface area contributed by atoms with E-state index in [2.05, 4.69) is 4.98 Å². The molecule has 0 amide bonds. The van der Waals surface area contributed by atoms with Gasteiger partial charge in [-0.25, -0.2) is 4.98 Å². The zero-order valence-electron chi connectivity index (χ0n) is 5.64. The topological polar surface area (TPSA) is 53.3 Å². The summed E-state index contributed by atoms with van der Waals surface area (Å²) in [5.41, 5.74) is 5.29. The smallest absolute Gasteiger partial charge is 0.393 e. The van der Waals surface area contributed by atoms with Gasteiger partial charge in [0.15, 0.2) is 5.76 Å². The minimum absolute atomic E-state index is 0.374. The van der Waals surface area contributed by atoms with Crippen LogP contribution >= 0.6 is 0 Å². The van der Waals surface area contributed by atoms with Crippen LogP contribution in [0, 0.1) is 0 Å². The summed E-state index contributed by atoms with van der Waals surface area (Å²) in [4.78, 5) is 2.76. The van der Waals surface area contributed by atoms with Crippen molar-refractivity contribution >= 4 is 6.01 Å². The van der Waals surface area contributed by atoms with Crippen LogP contribution in [0.1, 0.15) is 25.5 Å². The van der Waals surface area contributed by atoms with E-state index in [4.69, 9.17) is 10.2 Å². The summed E-state index contributed by atoms with van der Waals surface area (Å²) in [5, 5.41) is 0. The van der Waals surface area contributed by atoms with Crippen LogP contribution in [0.3, 0.4) is 0 Å². The van der Waals surface area contributed by atoms with E-state index in [1.54, 1.807) is 6.20 Å². The van der Waals surface area contributed by atoms with E-state index in [9.17, 15) is 0 Å². The van der Waals surface area contributed by atoms with Gasteiger partial charge in [0.2, 0.25) is 0 Å². The van der Waals surface area contributed by atoms with Crippen molar-refractivity contribution in [2.24, 2.45) is 0 Å². The SMILES string of the molecule is CC(C)c1c[nH+]c(N)o1. The average Bonchev–Trinajstić information content (AvgIpc) is 2.14. The van der Waals surface area contributed by atoms with Gasteiger partial charge in [0.05, 0.1) is 0 Å². The quantitative estimate of drug-likeness (QED) is 0.606. The van der Waals surface area contributed by atoms with E-state index < -0.39 is 0 Å². The van der Waals surface area contributed by atoms with Gasteiger partial charge in [-0.3, -0.25) is 5.73 Å². The maximum Gasteiger partial charge on any atom is 0.449 e. The summed E-state index contributed by atoms with van der Waals surface area (Å²) in [6.07, 6.45) is 1.78. The molecule has 0 radical (unpaired) electrons. The summed E-state index contributed by atoms with van der Waals surface area (Å²) in [5.74, 6) is 1.30. The Balaban J connectivity index is 2.85. The molecule has 3 N–H and O–H groups in total. The highest BCUT2D eigenvalue weighted by atomic mass is 16.4. The van der Waals surface area contributed by atoms with Gasteiger partial charge < -0.3 is 4.42 Å². The third-order valence-electron chi connectivity index (χ3n) is 1.15. The van der Waals surface area contributed by atoms with Crippen molar-refractivity contribution in [2.75, 3.05) is 5.73 Å². The van der Waals surface area contributed by atoms with Crippen LogP contribution in [-0.4, -0.2) is 0 Å². The summed E-state index contributed by atoms with van der Waals surface area (Å²) in [6, 6.07) is 0.374. The Kier molecular flexibility index (Phi) is 1.42. The van der Waals surface area contributed by atoms with Gasteiger partial charge in [-0.15, -0.1) is 0 Å². The molecule has 0 aliphatic rings. The lowest BCUT2D eigenvalue weighted by atomic mass is 10.2. The molecule has 1 aromatic heterocycles. The number of oxazole rings is 1. The fourth-order valence-electron chi connectivity index (χ4n) is 0.613. The molecule has 0 atom stereocenters. The molecule has 0 bridgehead atoms. The molecule has 0 fully saturated rings. The van der Waals surface area contributed by atoms with Gasteiger partial charge in [-0.05, 0) is 0 Å². The first-order chi connectivity index (χ1) is 4.20. The fourth-order valence-corrected chi connectivity index (χ4v) is 0.613. The molecule has 1 rings (SSSR count). The molecule has 1 aromatic rings. The second-order valence-corrected chi connectivity index (χ2v) is 2.31. The minimum Gasteiger partial charge on any atom is -0.393 e. The molecule has 3 nitrogen and oxygen atoms in total. The fraction of sp³-hybridized carbons (Fsp3) is 0.500. The van der Waals surface area contributed by atoms with Crippen molar-refractivity contribution in [2.45, 2.75) is 19.8 Å². The molecule has 0 aliphatic heterocycles. The number of nitrogens with one attached hydrogen (secondary N) is 1. The Hall–Kier alpha value is -0.990. The number of anilines is 1. The number of aromatic amines is 1. The summed E-state index contributed by atoms with van der Waals surface area (Å²) in [7, 11) is 0. The predicted octanol–water partition coefficient (Wildman–Crippen LogP) is 0.799. The van der Waals surface area contributed by atoms with E-state index in [0.717, 1.165) is 5.76 Å². The maximum absolute atomic E-state index is 5.29. The molecular formula is C6H11N2O+. The van der Waals surface area contributed by atoms with Gasteiger partial charge >= 0.3 is 6.01 Å². The molecule has 50 valence electrons. The first-order valence-electron chi connectivity index (χ1n) is 2.97. The lowest BCUT2D eigenvalue weighted by Crippen LogP contribution is -2.01. The first-order valence-corrected chi connectivity index (χ1v) is 2.97. The minimum atomic E-state index is 0.374. The van der Waals surface area contributed by atoms with E-state index in [1.165, 1.54) is 0 Å². The van der Waals surface area contributed by atoms with Gasteiger partial charge in [0.25, 0.3) is 0 Å². The second kappa shape index (κ2) is 2.09. The van der Waals surface area contributed by atoms with Crippen LogP contribution in [0.4, 0.5) is 6.01 Å². The van der Waals surface area contributed by atoms with Gasteiger partial charge in [0.1, 0.15) is 6.20 Å². The molecule has 0 aromatic carbocycles. The van der Waals surface area contributed by atoms with Crippen molar-refractivity contribution in [1.82, 2.24) is 0 Å². The third-order valence-corrected chi connectivity index (χ3v) is 1.15. The number of aromatic nitrogens is 1. The van der Waals surface area contributed by atoms with Crippen molar-refractivity contribution < 1.29 is 9.40 Å². The highest BCUT2D eigenvalue weighted by Gasteiger charge is 2.06.